The molecule has 0 spiro atoms. The second-order valence-electron chi connectivity index (χ2n) is 5.30. The molecule has 24 heavy (non-hydrogen) atoms. The zero-order valence-corrected chi connectivity index (χ0v) is 13.3. The lowest BCUT2D eigenvalue weighted by Crippen LogP contribution is -2.32. The quantitative estimate of drug-likeness (QED) is 0.794. The average molecular weight is 323 g/mol. The molecule has 1 heterocycles. The molecule has 2 aromatic rings. The van der Waals surface area contributed by atoms with Crippen LogP contribution in [0.5, 0.6) is 11.5 Å². The van der Waals surface area contributed by atoms with Crippen molar-refractivity contribution in [1.29, 1.82) is 0 Å². The zero-order chi connectivity index (χ0) is 16.9. The molecule has 1 aliphatic rings. The lowest BCUT2D eigenvalue weighted by Gasteiger charge is -2.16. The van der Waals surface area contributed by atoms with Crippen molar-refractivity contribution in [1.82, 2.24) is 4.90 Å². The van der Waals surface area contributed by atoms with Crippen LogP contribution in [0.15, 0.2) is 60.7 Å². The smallest absolute Gasteiger partial charge is 0.261 e. The number of hydrogen-bond donors (Lipinski definition) is 0. The van der Waals surface area contributed by atoms with Crippen LogP contribution in [0, 0.1) is 0 Å². The van der Waals surface area contributed by atoms with E-state index in [0.29, 0.717) is 30.2 Å². The summed E-state index contributed by atoms with van der Waals surface area (Å²) >= 11 is 0. The maximum absolute atomic E-state index is 12.5. The first kappa shape index (κ1) is 15.8. The lowest BCUT2D eigenvalue weighted by atomic mass is 10.1. The van der Waals surface area contributed by atoms with Crippen LogP contribution in [0.3, 0.4) is 0 Å². The van der Waals surface area contributed by atoms with Gasteiger partial charge in [0.05, 0.1) is 7.11 Å². The van der Waals surface area contributed by atoms with Gasteiger partial charge in [0.2, 0.25) is 0 Å². The van der Waals surface area contributed by atoms with Crippen molar-refractivity contribution in [2.45, 2.75) is 6.61 Å². The fourth-order valence-electron chi connectivity index (χ4n) is 2.44. The highest BCUT2D eigenvalue weighted by atomic mass is 16.5. The molecular weight excluding hydrogens is 306 g/mol. The van der Waals surface area contributed by atoms with Crippen LogP contribution < -0.4 is 9.47 Å². The molecule has 0 saturated heterocycles. The number of ether oxygens (including phenoxy) is 2. The lowest BCUT2D eigenvalue weighted by molar-refractivity contribution is -0.122. The standard InChI is InChI=1S/C19H17NO4/c1-23-16-10-9-15(19(22)20-11-5-8-18(20)21)12-17(16)24-13-14-6-3-2-4-7-14/h2-10,12H,11,13H2,1H3. The molecule has 0 unspecified atom stereocenters. The number of benzene rings is 2. The molecule has 5 heteroatoms. The number of amides is 2. The van der Waals surface area contributed by atoms with Gasteiger partial charge < -0.3 is 9.47 Å². The maximum atomic E-state index is 12.5. The summed E-state index contributed by atoms with van der Waals surface area (Å²) in [7, 11) is 1.54. The zero-order valence-electron chi connectivity index (χ0n) is 13.3. The molecule has 0 aromatic heterocycles. The maximum Gasteiger partial charge on any atom is 0.261 e. The van der Waals surface area contributed by atoms with Crippen molar-refractivity contribution in [2.24, 2.45) is 0 Å². The van der Waals surface area contributed by atoms with Crippen LogP contribution in [-0.4, -0.2) is 30.4 Å². The van der Waals surface area contributed by atoms with Crippen LogP contribution in [0.25, 0.3) is 0 Å². The molecule has 5 nitrogen and oxygen atoms in total. The summed E-state index contributed by atoms with van der Waals surface area (Å²) in [5.74, 6) is 0.347. The van der Waals surface area contributed by atoms with Gasteiger partial charge in [0.1, 0.15) is 6.61 Å². The largest absolute Gasteiger partial charge is 0.493 e. The predicted octanol–water partition coefficient (Wildman–Crippen LogP) is 2.81. The number of carbonyl (C=O) groups is 2. The minimum atomic E-state index is -0.350. The third-order valence-electron chi connectivity index (χ3n) is 3.71. The Morgan fingerprint density at radius 1 is 1.12 bits per heavy atom. The first-order chi connectivity index (χ1) is 11.7. The van der Waals surface area contributed by atoms with Crippen LogP contribution in [0.2, 0.25) is 0 Å². The molecule has 2 aromatic carbocycles. The molecule has 0 atom stereocenters. The van der Waals surface area contributed by atoms with Gasteiger partial charge in [-0.25, -0.2) is 0 Å². The monoisotopic (exact) mass is 323 g/mol. The Morgan fingerprint density at radius 3 is 2.58 bits per heavy atom. The van der Waals surface area contributed by atoms with Gasteiger partial charge in [0, 0.05) is 18.2 Å². The third kappa shape index (κ3) is 3.30. The molecule has 122 valence electrons. The molecule has 2 amide bonds. The van der Waals surface area contributed by atoms with Crippen LogP contribution in [0.1, 0.15) is 15.9 Å². The molecule has 0 fully saturated rings. The highest BCUT2D eigenvalue weighted by Crippen LogP contribution is 2.29. The number of imide groups is 1. The van der Waals surface area contributed by atoms with Gasteiger partial charge in [-0.2, -0.15) is 0 Å². The fraction of sp³-hybridized carbons (Fsp3) is 0.158. The number of nitrogens with zero attached hydrogens (tertiary/aromatic N) is 1. The van der Waals surface area contributed by atoms with Crippen molar-refractivity contribution >= 4 is 11.8 Å². The van der Waals surface area contributed by atoms with Crippen LogP contribution in [0.4, 0.5) is 0 Å². The van der Waals surface area contributed by atoms with E-state index in [2.05, 4.69) is 0 Å². The van der Waals surface area contributed by atoms with Gasteiger partial charge in [-0.1, -0.05) is 36.4 Å². The van der Waals surface area contributed by atoms with Gasteiger partial charge >= 0.3 is 0 Å². The highest BCUT2D eigenvalue weighted by Gasteiger charge is 2.24. The minimum Gasteiger partial charge on any atom is -0.493 e. The molecule has 0 aliphatic carbocycles. The van der Waals surface area contributed by atoms with Crippen molar-refractivity contribution in [3.63, 3.8) is 0 Å². The van der Waals surface area contributed by atoms with E-state index in [1.54, 1.807) is 31.4 Å². The van der Waals surface area contributed by atoms with E-state index in [4.69, 9.17) is 9.47 Å². The summed E-state index contributed by atoms with van der Waals surface area (Å²) in [5, 5.41) is 0. The van der Waals surface area contributed by atoms with Crippen molar-refractivity contribution in [2.75, 3.05) is 13.7 Å². The van der Waals surface area contributed by atoms with Gasteiger partial charge in [-0.15, -0.1) is 0 Å². The second-order valence-corrected chi connectivity index (χ2v) is 5.30. The molecular formula is C19H17NO4. The van der Waals surface area contributed by atoms with Crippen molar-refractivity contribution < 1.29 is 19.1 Å². The molecule has 0 radical (unpaired) electrons. The molecule has 3 rings (SSSR count). The Labute approximate surface area is 140 Å². The first-order valence-corrected chi connectivity index (χ1v) is 7.56. The van der Waals surface area contributed by atoms with Crippen LogP contribution in [-0.2, 0) is 11.4 Å². The summed E-state index contributed by atoms with van der Waals surface area (Å²) < 4.78 is 11.1. The molecule has 1 aliphatic heterocycles. The number of hydrogen-bond acceptors (Lipinski definition) is 4. The first-order valence-electron chi connectivity index (χ1n) is 7.56. The Morgan fingerprint density at radius 2 is 1.92 bits per heavy atom. The number of methoxy groups -OCH3 is 1. The Bertz CT molecular complexity index is 783. The Kier molecular flexibility index (Phi) is 4.61. The summed E-state index contributed by atoms with van der Waals surface area (Å²) in [6.07, 6.45) is 3.06. The number of rotatable bonds is 5. The van der Waals surface area contributed by atoms with E-state index >= 15 is 0 Å². The van der Waals surface area contributed by atoms with Gasteiger partial charge in [0.25, 0.3) is 11.8 Å². The van der Waals surface area contributed by atoms with E-state index < -0.39 is 0 Å². The van der Waals surface area contributed by atoms with E-state index in [1.807, 2.05) is 30.3 Å². The van der Waals surface area contributed by atoms with Gasteiger partial charge in [-0.05, 0) is 23.8 Å². The Balaban J connectivity index is 1.80. The SMILES string of the molecule is COc1ccc(C(=O)N2CC=CC2=O)cc1OCc1ccccc1. The van der Waals surface area contributed by atoms with E-state index in [1.165, 1.54) is 11.0 Å². The van der Waals surface area contributed by atoms with E-state index in [0.717, 1.165) is 5.56 Å². The summed E-state index contributed by atoms with van der Waals surface area (Å²) in [6.45, 7) is 0.656. The van der Waals surface area contributed by atoms with E-state index in [9.17, 15) is 9.59 Å². The average Bonchev–Trinajstić information content (AvgIpc) is 3.06. The molecule has 0 N–H and O–H groups in total. The Hall–Kier alpha value is -3.08. The topological polar surface area (TPSA) is 55.8 Å². The third-order valence-corrected chi connectivity index (χ3v) is 3.71. The fourth-order valence-corrected chi connectivity index (χ4v) is 2.44. The van der Waals surface area contributed by atoms with Crippen molar-refractivity contribution in [3.05, 3.63) is 71.8 Å². The highest BCUT2D eigenvalue weighted by molar-refractivity contribution is 6.09. The molecule has 0 saturated carbocycles. The summed E-state index contributed by atoms with van der Waals surface area (Å²) in [5.41, 5.74) is 1.39. The second kappa shape index (κ2) is 7.00. The van der Waals surface area contributed by atoms with E-state index in [-0.39, 0.29) is 11.8 Å². The van der Waals surface area contributed by atoms with Crippen LogP contribution >= 0.6 is 0 Å². The molecule has 0 bridgehead atoms. The van der Waals surface area contributed by atoms with Crippen molar-refractivity contribution in [3.8, 4) is 11.5 Å². The minimum absolute atomic E-state index is 0.296. The normalized spacial score (nSPS) is 13.2. The summed E-state index contributed by atoms with van der Waals surface area (Å²) in [6, 6.07) is 14.6. The van der Waals surface area contributed by atoms with Gasteiger partial charge in [-0.3, -0.25) is 14.5 Å². The predicted molar refractivity (Wildman–Crippen MR) is 89.0 cm³/mol. The summed E-state index contributed by atoms with van der Waals surface area (Å²) in [4.78, 5) is 25.3. The van der Waals surface area contributed by atoms with Gasteiger partial charge in [0.15, 0.2) is 11.5 Å². The number of carbonyl (C=O) groups excluding carboxylic acids is 2.